The molecular weight excluding hydrogens is 412 g/mol. The Balaban J connectivity index is 1.51. The second-order valence-electron chi connectivity index (χ2n) is 7.55. The Morgan fingerprint density at radius 1 is 1.23 bits per heavy atom. The van der Waals surface area contributed by atoms with Crippen LogP contribution in [0.4, 0.5) is 0 Å². The molecule has 7 heteroatoms. The van der Waals surface area contributed by atoms with Gasteiger partial charge in [-0.2, -0.15) is 0 Å². The number of nitrogens with zero attached hydrogens (tertiary/aromatic N) is 1. The number of benzene rings is 1. The third-order valence-electron chi connectivity index (χ3n) is 5.74. The van der Waals surface area contributed by atoms with Crippen LogP contribution in [0.15, 0.2) is 76.1 Å². The lowest BCUT2D eigenvalue weighted by atomic mass is 9.98. The fourth-order valence-corrected chi connectivity index (χ4v) is 5.22. The maximum Gasteiger partial charge on any atom is 0.290 e. The molecule has 3 aromatic heterocycles. The highest BCUT2D eigenvalue weighted by molar-refractivity contribution is 7.10. The monoisotopic (exact) mass is 432 g/mol. The highest BCUT2D eigenvalue weighted by Crippen LogP contribution is 2.42. The highest BCUT2D eigenvalue weighted by atomic mass is 32.1. The number of carbonyl (C=O) groups excluding carboxylic acids is 2. The summed E-state index contributed by atoms with van der Waals surface area (Å²) in [6, 6.07) is 12.5. The molecule has 2 N–H and O–H groups in total. The minimum atomic E-state index is -0.643. The summed E-state index contributed by atoms with van der Waals surface area (Å²) in [4.78, 5) is 31.9. The molecule has 156 valence electrons. The van der Waals surface area contributed by atoms with Crippen LogP contribution in [0.1, 0.15) is 32.6 Å². The molecule has 1 aliphatic heterocycles. The number of thiophene rings is 1. The quantitative estimate of drug-likeness (QED) is 0.422. The van der Waals surface area contributed by atoms with Crippen molar-refractivity contribution in [1.82, 2.24) is 9.88 Å². The number of nitrogens with one attached hydrogen (secondary N) is 1. The van der Waals surface area contributed by atoms with Gasteiger partial charge >= 0.3 is 0 Å². The van der Waals surface area contributed by atoms with Crippen molar-refractivity contribution in [1.29, 1.82) is 0 Å². The van der Waals surface area contributed by atoms with Crippen molar-refractivity contribution in [2.24, 2.45) is 0 Å². The number of para-hydroxylation sites is 1. The van der Waals surface area contributed by atoms with Gasteiger partial charge in [-0.1, -0.05) is 18.2 Å². The number of furan rings is 1. The van der Waals surface area contributed by atoms with Crippen molar-refractivity contribution in [3.8, 4) is 0 Å². The topological polar surface area (TPSA) is 86.5 Å². The molecule has 1 aromatic carbocycles. The van der Waals surface area contributed by atoms with Gasteiger partial charge < -0.3 is 19.4 Å². The Morgan fingerprint density at radius 2 is 2.06 bits per heavy atom. The zero-order valence-electron chi connectivity index (χ0n) is 16.8. The number of fused-ring (bicyclic) bond motifs is 1. The molecule has 4 aromatic rings. The molecule has 1 unspecified atom stereocenters. The van der Waals surface area contributed by atoms with Gasteiger partial charge in [0.15, 0.2) is 11.5 Å². The molecule has 0 spiro atoms. The maximum atomic E-state index is 13.1. The predicted molar refractivity (Wildman–Crippen MR) is 118 cm³/mol. The number of carbonyl (C=O) groups is 2. The average Bonchev–Trinajstić information content (AvgIpc) is 3.56. The molecule has 0 bridgehead atoms. The summed E-state index contributed by atoms with van der Waals surface area (Å²) in [5.41, 5.74) is 3.16. The van der Waals surface area contributed by atoms with Crippen LogP contribution in [-0.2, 0) is 11.2 Å². The minimum Gasteiger partial charge on any atom is -0.503 e. The zero-order chi connectivity index (χ0) is 21.5. The molecule has 0 aliphatic carbocycles. The van der Waals surface area contributed by atoms with Gasteiger partial charge in [0.2, 0.25) is 5.78 Å². The van der Waals surface area contributed by atoms with E-state index in [4.69, 9.17) is 4.42 Å². The van der Waals surface area contributed by atoms with E-state index in [1.54, 1.807) is 17.0 Å². The van der Waals surface area contributed by atoms with Gasteiger partial charge in [-0.05, 0) is 54.1 Å². The maximum absolute atomic E-state index is 13.1. The number of aliphatic hydroxyl groups excluding tert-OH is 1. The predicted octanol–water partition coefficient (Wildman–Crippen LogP) is 4.95. The number of rotatable bonds is 6. The van der Waals surface area contributed by atoms with Crippen LogP contribution in [0, 0.1) is 6.92 Å². The summed E-state index contributed by atoms with van der Waals surface area (Å²) in [6.45, 7) is 2.31. The van der Waals surface area contributed by atoms with Crippen molar-refractivity contribution in [2.75, 3.05) is 6.54 Å². The van der Waals surface area contributed by atoms with Gasteiger partial charge in [0.05, 0.1) is 11.8 Å². The second-order valence-corrected chi connectivity index (χ2v) is 8.49. The standard InChI is InChI=1S/C24H20N2O4S/c1-14-9-12-31-23(14)20-19(21(27)18-7-4-11-30-18)22(28)24(29)26(20)10-8-15-13-25-17-6-3-2-5-16(15)17/h2-7,9,11-13,20,25,28H,8,10H2,1H3. The summed E-state index contributed by atoms with van der Waals surface area (Å²) in [6.07, 6.45) is 3.94. The number of Topliss-reactive ketones (excluding diaryl/α,β-unsaturated/α-hetero) is 1. The summed E-state index contributed by atoms with van der Waals surface area (Å²) in [5, 5.41) is 13.7. The van der Waals surface area contributed by atoms with Crippen molar-refractivity contribution in [2.45, 2.75) is 19.4 Å². The first kappa shape index (κ1) is 19.4. The third-order valence-corrected chi connectivity index (χ3v) is 6.81. The molecule has 5 rings (SSSR count). The lowest BCUT2D eigenvalue weighted by Gasteiger charge is -2.26. The fourth-order valence-electron chi connectivity index (χ4n) is 4.17. The summed E-state index contributed by atoms with van der Waals surface area (Å²) < 4.78 is 5.26. The number of aromatic nitrogens is 1. The number of aromatic amines is 1. The van der Waals surface area contributed by atoms with Gasteiger partial charge in [-0.25, -0.2) is 0 Å². The van der Waals surface area contributed by atoms with Gasteiger partial charge in [0.1, 0.15) is 6.04 Å². The first-order chi connectivity index (χ1) is 15.1. The molecule has 4 heterocycles. The molecule has 1 aliphatic rings. The summed E-state index contributed by atoms with van der Waals surface area (Å²) in [5.74, 6) is -1.40. The minimum absolute atomic E-state index is 0.0735. The number of aliphatic hydroxyl groups is 1. The smallest absolute Gasteiger partial charge is 0.290 e. The van der Waals surface area contributed by atoms with Crippen LogP contribution >= 0.6 is 11.3 Å². The third kappa shape index (κ3) is 3.18. The molecule has 1 atom stereocenters. The number of aryl methyl sites for hydroxylation is 1. The molecule has 6 nitrogen and oxygen atoms in total. The van der Waals surface area contributed by atoms with Gasteiger partial charge in [0, 0.05) is 28.5 Å². The number of hydrogen-bond donors (Lipinski definition) is 2. The van der Waals surface area contributed by atoms with E-state index in [1.807, 2.05) is 48.8 Å². The van der Waals surface area contributed by atoms with Crippen LogP contribution in [0.25, 0.3) is 10.9 Å². The van der Waals surface area contributed by atoms with Crippen LogP contribution in [-0.4, -0.2) is 33.2 Å². The van der Waals surface area contributed by atoms with Gasteiger partial charge in [0.25, 0.3) is 5.91 Å². The Bertz CT molecular complexity index is 1310. The first-order valence-electron chi connectivity index (χ1n) is 9.97. The lowest BCUT2D eigenvalue weighted by molar-refractivity contribution is -0.129. The van der Waals surface area contributed by atoms with Crippen LogP contribution in [0.5, 0.6) is 0 Å². The zero-order valence-corrected chi connectivity index (χ0v) is 17.6. The Hall–Kier alpha value is -3.58. The molecule has 1 amide bonds. The molecule has 31 heavy (non-hydrogen) atoms. The normalized spacial score (nSPS) is 16.6. The average molecular weight is 433 g/mol. The number of ketones is 1. The largest absolute Gasteiger partial charge is 0.503 e. The van der Waals surface area contributed by atoms with Crippen molar-refractivity contribution < 1.29 is 19.1 Å². The van der Waals surface area contributed by atoms with E-state index < -0.39 is 23.5 Å². The number of hydrogen-bond acceptors (Lipinski definition) is 5. The first-order valence-corrected chi connectivity index (χ1v) is 10.9. The molecular formula is C24H20N2O4S. The van der Waals surface area contributed by atoms with E-state index in [9.17, 15) is 14.7 Å². The molecule has 0 fully saturated rings. The van der Waals surface area contributed by atoms with Crippen molar-refractivity contribution in [3.05, 3.63) is 93.4 Å². The fraction of sp³-hybridized carbons (Fsp3) is 0.167. The SMILES string of the molecule is Cc1ccsc1C1C(C(=O)c2ccco2)=C(O)C(=O)N1CCc1c[nH]c2ccccc12. The van der Waals surface area contributed by atoms with Crippen molar-refractivity contribution in [3.63, 3.8) is 0 Å². The molecule has 0 saturated carbocycles. The van der Waals surface area contributed by atoms with E-state index in [2.05, 4.69) is 4.98 Å². The second kappa shape index (κ2) is 7.59. The molecule has 0 saturated heterocycles. The van der Waals surface area contributed by atoms with Crippen LogP contribution in [0.3, 0.4) is 0 Å². The van der Waals surface area contributed by atoms with Gasteiger partial charge in [-0.3, -0.25) is 9.59 Å². The highest BCUT2D eigenvalue weighted by Gasteiger charge is 2.45. The van der Waals surface area contributed by atoms with Crippen LogP contribution < -0.4 is 0 Å². The van der Waals surface area contributed by atoms with Crippen LogP contribution in [0.2, 0.25) is 0 Å². The van der Waals surface area contributed by atoms with E-state index in [-0.39, 0.29) is 11.3 Å². The summed E-state index contributed by atoms with van der Waals surface area (Å²) >= 11 is 1.47. The van der Waals surface area contributed by atoms with E-state index in [1.165, 1.54) is 17.6 Å². The van der Waals surface area contributed by atoms with Crippen molar-refractivity contribution >= 4 is 33.9 Å². The number of amides is 1. The van der Waals surface area contributed by atoms with E-state index in [0.717, 1.165) is 26.9 Å². The van der Waals surface area contributed by atoms with Gasteiger partial charge in [-0.15, -0.1) is 11.3 Å². The molecule has 0 radical (unpaired) electrons. The Morgan fingerprint density at radius 3 is 2.81 bits per heavy atom. The summed E-state index contributed by atoms with van der Waals surface area (Å²) in [7, 11) is 0. The lowest BCUT2D eigenvalue weighted by Crippen LogP contribution is -2.33. The Kier molecular flexibility index (Phi) is 4.75. The Labute approximate surface area is 182 Å². The number of H-pyrrole nitrogens is 1. The van der Waals surface area contributed by atoms with E-state index >= 15 is 0 Å². The van der Waals surface area contributed by atoms with E-state index in [0.29, 0.717) is 13.0 Å².